The van der Waals surface area contributed by atoms with Gasteiger partial charge in [-0.1, -0.05) is 35.3 Å². The zero-order chi connectivity index (χ0) is 50.0. The van der Waals surface area contributed by atoms with Crippen molar-refractivity contribution >= 4 is 56.5 Å². The van der Waals surface area contributed by atoms with Gasteiger partial charge in [-0.25, -0.2) is 42.9 Å². The molecule has 0 radical (unpaired) electrons. The molecule has 0 spiro atoms. The van der Waals surface area contributed by atoms with Gasteiger partial charge in [-0.2, -0.15) is 0 Å². The Morgan fingerprint density at radius 2 is 1.70 bits per heavy atom. The number of alkyl halides is 2. The van der Waals surface area contributed by atoms with E-state index in [4.69, 9.17) is 47.9 Å². The number of ether oxygens (including phenoxy) is 4. The minimum Gasteiger partial charge on any atom is -0.490 e. The van der Waals surface area contributed by atoms with E-state index >= 15 is 0 Å². The number of benzene rings is 3. The maximum Gasteiger partial charge on any atom is 0.345 e. The van der Waals surface area contributed by atoms with Gasteiger partial charge in [0.15, 0.2) is 11.6 Å². The summed E-state index contributed by atoms with van der Waals surface area (Å²) in [6, 6.07) is 16.0. The van der Waals surface area contributed by atoms with Crippen molar-refractivity contribution in [1.82, 2.24) is 34.7 Å². The average molecular weight is 1030 g/mol. The predicted molar refractivity (Wildman–Crippen MR) is 266 cm³/mol. The number of hydrogen-bond donors (Lipinski definition) is 3. The highest BCUT2D eigenvalue weighted by Gasteiger charge is 2.32. The Balaban J connectivity index is 1.10. The van der Waals surface area contributed by atoms with Crippen LogP contribution in [0.4, 0.5) is 19.0 Å². The van der Waals surface area contributed by atoms with Crippen LogP contribution in [0.3, 0.4) is 0 Å². The first kappa shape index (κ1) is 49.6. The molecule has 4 bridgehead atoms. The Bertz CT molecular complexity index is 3040. The van der Waals surface area contributed by atoms with Crippen molar-refractivity contribution in [3.8, 4) is 56.1 Å². The minimum absolute atomic E-state index is 0.0138. The topological polar surface area (TPSA) is 183 Å². The van der Waals surface area contributed by atoms with Crippen molar-refractivity contribution in [3.63, 3.8) is 0 Å². The molecule has 21 heteroatoms. The van der Waals surface area contributed by atoms with Crippen LogP contribution in [0.5, 0.6) is 23.1 Å². The third-order valence-electron chi connectivity index (χ3n) is 12.3. The lowest BCUT2D eigenvalue weighted by Gasteiger charge is -2.35. The molecule has 10 rings (SSSR count). The van der Waals surface area contributed by atoms with Gasteiger partial charge in [-0.3, -0.25) is 4.90 Å². The summed E-state index contributed by atoms with van der Waals surface area (Å²) in [4.78, 5) is 41.5. The highest BCUT2D eigenvalue weighted by Crippen LogP contribution is 2.53. The quantitative estimate of drug-likeness (QED) is 0.105. The lowest BCUT2D eigenvalue weighted by atomic mass is 9.92. The van der Waals surface area contributed by atoms with Gasteiger partial charge in [0.1, 0.15) is 53.6 Å². The molecule has 2 atom stereocenters. The average Bonchev–Trinajstić information content (AvgIpc) is 3.76. The van der Waals surface area contributed by atoms with E-state index in [-0.39, 0.29) is 47.1 Å². The number of carbonyl (C=O) groups is 1. The molecule has 3 aliphatic rings. The number of halogens is 5. The summed E-state index contributed by atoms with van der Waals surface area (Å²) in [7, 11) is 2.08. The molecule has 1 fully saturated rings. The third kappa shape index (κ3) is 11.1. The number of nitrogens with two attached hydrogens (primary N) is 1. The smallest absolute Gasteiger partial charge is 0.345 e. The van der Waals surface area contributed by atoms with Crippen LogP contribution in [-0.4, -0.2) is 123 Å². The molecule has 0 aliphatic carbocycles. The summed E-state index contributed by atoms with van der Waals surface area (Å²) in [6.07, 6.45) is 2.02. The first-order valence-electron chi connectivity index (χ1n) is 22.6. The molecular formula is C50H48Cl2F3N9O6S. The Hall–Kier alpha value is -6.35. The van der Waals surface area contributed by atoms with Crippen LogP contribution in [0.25, 0.3) is 43.2 Å². The number of aromatic nitrogens is 5. The molecule has 3 aliphatic heterocycles. The number of hydrogen-bond acceptors (Lipinski definition) is 15. The molecule has 15 nitrogen and oxygen atoms in total. The van der Waals surface area contributed by atoms with Gasteiger partial charge in [0.05, 0.1) is 34.2 Å². The maximum atomic E-state index is 14.4. The monoisotopic (exact) mass is 1030 g/mol. The van der Waals surface area contributed by atoms with Gasteiger partial charge in [0, 0.05) is 73.1 Å². The number of rotatable bonds is 12. The van der Waals surface area contributed by atoms with E-state index in [0.29, 0.717) is 83.6 Å². The lowest BCUT2D eigenvalue weighted by molar-refractivity contribution is -0.145. The van der Waals surface area contributed by atoms with Gasteiger partial charge in [-0.05, 0) is 91.7 Å². The molecule has 7 aromatic rings. The van der Waals surface area contributed by atoms with E-state index in [0.717, 1.165) is 26.2 Å². The van der Waals surface area contributed by atoms with E-state index in [1.807, 2.05) is 13.8 Å². The maximum absolute atomic E-state index is 14.4. The molecule has 0 saturated carbocycles. The van der Waals surface area contributed by atoms with E-state index in [9.17, 15) is 23.1 Å². The fourth-order valence-electron chi connectivity index (χ4n) is 8.40. The number of likely N-dealkylation sites (N-methyl/N-ethyl adjacent to an activating group) is 1. The highest BCUT2D eigenvalue weighted by molar-refractivity contribution is 7.22. The number of nitrogens with zero attached hydrogens (tertiary/aromatic N) is 7. The molecule has 370 valence electrons. The van der Waals surface area contributed by atoms with E-state index in [1.54, 1.807) is 48.7 Å². The molecule has 0 amide bonds. The summed E-state index contributed by atoms with van der Waals surface area (Å²) >= 11 is 15.9. The first-order chi connectivity index (χ1) is 34.1. The van der Waals surface area contributed by atoms with Gasteiger partial charge in [0.2, 0.25) is 12.0 Å². The minimum atomic E-state index is -3.09. The number of carboxylic acids is 1. The lowest BCUT2D eigenvalue weighted by Crippen LogP contribution is -2.49. The number of pyridine rings is 1. The highest BCUT2D eigenvalue weighted by atomic mass is 35.5. The fourth-order valence-corrected chi connectivity index (χ4v) is 10.1. The molecular weight excluding hydrogens is 983 g/mol. The van der Waals surface area contributed by atoms with E-state index < -0.39 is 43.0 Å². The van der Waals surface area contributed by atoms with Crippen LogP contribution in [0, 0.1) is 19.7 Å². The summed E-state index contributed by atoms with van der Waals surface area (Å²) < 4.78 is 68.0. The van der Waals surface area contributed by atoms with Gasteiger partial charge in [-0.15, -0.1) is 11.3 Å². The Morgan fingerprint density at radius 1 is 0.958 bits per heavy atom. The number of fused-ring (bicyclic) bond motifs is 7. The second-order valence-corrected chi connectivity index (χ2v) is 19.1. The molecule has 4 aromatic heterocycles. The first-order valence-corrected chi connectivity index (χ1v) is 24.2. The summed E-state index contributed by atoms with van der Waals surface area (Å²) in [6.45, 7) is 6.09. The molecule has 1 saturated heterocycles. The molecule has 3 aromatic carbocycles. The largest absolute Gasteiger partial charge is 0.490 e. The van der Waals surface area contributed by atoms with Gasteiger partial charge in [0.25, 0.3) is 5.92 Å². The van der Waals surface area contributed by atoms with Gasteiger partial charge < -0.3 is 40.0 Å². The van der Waals surface area contributed by atoms with Crippen molar-refractivity contribution in [1.29, 1.82) is 0 Å². The van der Waals surface area contributed by atoms with Crippen molar-refractivity contribution in [2.24, 2.45) is 5.73 Å². The number of anilines is 1. The zero-order valence-corrected chi connectivity index (χ0v) is 41.1. The van der Waals surface area contributed by atoms with Crippen LogP contribution in [0.2, 0.25) is 10.0 Å². The number of piperazine rings is 1. The summed E-state index contributed by atoms with van der Waals surface area (Å²) in [5, 5.41) is 14.4. The van der Waals surface area contributed by atoms with Crippen LogP contribution in [0.15, 0.2) is 79.4 Å². The molecule has 71 heavy (non-hydrogen) atoms. The number of aliphatic carboxylic acids is 1. The summed E-state index contributed by atoms with van der Waals surface area (Å²) in [5.74, 6) is -3.25. The molecule has 7 heterocycles. The van der Waals surface area contributed by atoms with E-state index in [2.05, 4.69) is 47.1 Å². The van der Waals surface area contributed by atoms with Crippen LogP contribution < -0.4 is 30.0 Å². The predicted octanol–water partition coefficient (Wildman–Crippen LogP) is 8.99. The third-order valence-corrected chi connectivity index (χ3v) is 14.4. The number of carboxylic acid groups (broad SMARTS) is 1. The van der Waals surface area contributed by atoms with Crippen molar-refractivity contribution in [2.75, 3.05) is 64.8 Å². The van der Waals surface area contributed by atoms with Crippen molar-refractivity contribution < 1.29 is 42.0 Å². The SMILES string of the molecule is Cc1c(Cl)c2c(Cl)c(C)c1-c1c(-c3ccc(F)cc3)sc3ncnc(c13)O[C@@H](C(=O)O)Cc1cc(ccc1OCc1ccnc(-c3ccc(NCC(F)(F)CN)nc3)n1)OC[C@@H](CN1CCN(C)CC1)O2. The van der Waals surface area contributed by atoms with E-state index in [1.165, 1.54) is 42.1 Å². The number of thiophene rings is 1. The second kappa shape index (κ2) is 21.2. The zero-order valence-electron chi connectivity index (χ0n) is 38.7. The number of nitrogens with one attached hydrogen (secondary N) is 1. The van der Waals surface area contributed by atoms with Crippen LogP contribution >= 0.6 is 34.5 Å². The Morgan fingerprint density at radius 3 is 2.41 bits per heavy atom. The van der Waals surface area contributed by atoms with Crippen LogP contribution in [0.1, 0.15) is 22.4 Å². The molecule has 4 N–H and O–H groups in total. The van der Waals surface area contributed by atoms with Crippen molar-refractivity contribution in [2.45, 2.75) is 45.0 Å². The Kier molecular flexibility index (Phi) is 14.8. The van der Waals surface area contributed by atoms with Gasteiger partial charge >= 0.3 is 5.97 Å². The fraction of sp³-hybridized carbons (Fsp3) is 0.320. The normalized spacial score (nSPS) is 16.7. The summed E-state index contributed by atoms with van der Waals surface area (Å²) in [5.41, 5.74) is 9.72. The second-order valence-electron chi connectivity index (χ2n) is 17.3. The standard InChI is InChI=1S/C50H48Cl2F3N9O6S/c1-27-39-28(2)43(52)44(42(27)51)69-35(21-64-16-14-63(3)15-17-64)23-67-34-9-10-36(68-22-33-12-13-57-46(62-33)30-6-11-38(58-20-30)59-25-50(54,55)24-56)31(18-34)19-37(49(65)66)70-47-41-40(39)45(71-48(41)61-26-60-47)29-4-7-32(53)8-5-29/h4-13,18,20,26,35,37H,14-17,19,21-25,56H2,1-3H3,(H,58,59)(H,65,66)/t35-,37-/m1/s1. The Labute approximate surface area is 420 Å². The van der Waals surface area contributed by atoms with Crippen molar-refractivity contribution in [3.05, 3.63) is 118 Å². The molecule has 0 unspecified atom stereocenters. The van der Waals surface area contributed by atoms with Crippen LogP contribution in [-0.2, 0) is 17.8 Å².